The Morgan fingerprint density at radius 1 is 1.24 bits per heavy atom. The first-order valence-electron chi connectivity index (χ1n) is 8.48. The van der Waals surface area contributed by atoms with Crippen LogP contribution < -0.4 is 5.32 Å². The monoisotopic (exact) mass is 422 g/mol. The van der Waals surface area contributed by atoms with Gasteiger partial charge in [0.2, 0.25) is 0 Å². The molecule has 0 saturated heterocycles. The Balaban J connectivity index is 1.49. The number of aromatic nitrogens is 3. The van der Waals surface area contributed by atoms with Crippen LogP contribution in [0.2, 0.25) is 0 Å². The van der Waals surface area contributed by atoms with Gasteiger partial charge in [0.1, 0.15) is 0 Å². The lowest BCUT2D eigenvalue weighted by molar-refractivity contribution is -0.144. The van der Waals surface area contributed by atoms with Crippen LogP contribution in [0.15, 0.2) is 46.2 Å². The molecule has 2 aromatic heterocycles. The SMILES string of the molecule is CCn1c(SCC(=O)OCC(=O)Nc2ccc(F)c(F)c2)nnc1-c1ccco1. The van der Waals surface area contributed by atoms with Crippen LogP contribution in [-0.4, -0.2) is 39.0 Å². The van der Waals surface area contributed by atoms with Gasteiger partial charge in [-0.2, -0.15) is 0 Å². The molecule has 29 heavy (non-hydrogen) atoms. The number of furan rings is 1. The van der Waals surface area contributed by atoms with E-state index in [-0.39, 0.29) is 11.4 Å². The van der Waals surface area contributed by atoms with Crippen molar-refractivity contribution >= 4 is 29.3 Å². The maximum Gasteiger partial charge on any atom is 0.316 e. The standard InChI is InChI=1S/C18H16F2N4O4S/c1-2-24-17(14-4-3-7-27-14)22-23-18(24)29-10-16(26)28-9-15(25)21-11-5-6-12(19)13(20)8-11/h3-8H,2,9-10H2,1H3,(H,21,25). The van der Waals surface area contributed by atoms with Crippen molar-refractivity contribution in [1.82, 2.24) is 14.8 Å². The Kier molecular flexibility index (Phi) is 6.60. The van der Waals surface area contributed by atoms with Gasteiger partial charge in [-0.25, -0.2) is 8.78 Å². The van der Waals surface area contributed by atoms with Crippen molar-refractivity contribution in [2.45, 2.75) is 18.6 Å². The maximum atomic E-state index is 13.1. The van der Waals surface area contributed by atoms with Crippen LogP contribution in [0.4, 0.5) is 14.5 Å². The Hall–Kier alpha value is -3.21. The van der Waals surface area contributed by atoms with Crippen molar-refractivity contribution in [3.05, 3.63) is 48.2 Å². The summed E-state index contributed by atoms with van der Waals surface area (Å²) in [6.07, 6.45) is 1.53. The molecule has 0 fully saturated rings. The number of nitrogens with one attached hydrogen (secondary N) is 1. The molecular formula is C18H16F2N4O4S. The summed E-state index contributed by atoms with van der Waals surface area (Å²) in [5, 5.41) is 10.9. The fourth-order valence-corrected chi connectivity index (χ4v) is 3.15. The Morgan fingerprint density at radius 3 is 2.76 bits per heavy atom. The molecule has 11 heteroatoms. The molecule has 0 unspecified atom stereocenters. The number of rotatable bonds is 8. The van der Waals surface area contributed by atoms with Gasteiger partial charge in [0, 0.05) is 18.3 Å². The second-order valence-corrected chi connectivity index (χ2v) is 6.60. The molecular weight excluding hydrogens is 406 g/mol. The number of hydrogen-bond acceptors (Lipinski definition) is 7. The van der Waals surface area contributed by atoms with Gasteiger partial charge in [0.05, 0.1) is 12.0 Å². The lowest BCUT2D eigenvalue weighted by atomic mass is 10.3. The molecule has 0 bridgehead atoms. The zero-order chi connectivity index (χ0) is 20.8. The lowest BCUT2D eigenvalue weighted by Gasteiger charge is -2.07. The van der Waals surface area contributed by atoms with Gasteiger partial charge < -0.3 is 14.5 Å². The number of halogens is 2. The average Bonchev–Trinajstić information content (AvgIpc) is 3.36. The molecule has 0 aliphatic rings. The summed E-state index contributed by atoms with van der Waals surface area (Å²) >= 11 is 1.11. The molecule has 3 rings (SSSR count). The van der Waals surface area contributed by atoms with Crippen LogP contribution >= 0.6 is 11.8 Å². The molecule has 1 amide bonds. The summed E-state index contributed by atoms with van der Waals surface area (Å²) in [4.78, 5) is 23.7. The molecule has 1 aromatic carbocycles. The predicted octanol–water partition coefficient (Wildman–Crippen LogP) is 3.11. The summed E-state index contributed by atoms with van der Waals surface area (Å²) in [6, 6.07) is 6.40. The fourth-order valence-electron chi connectivity index (χ4n) is 2.35. The molecule has 0 radical (unpaired) electrons. The number of thioether (sulfide) groups is 1. The minimum Gasteiger partial charge on any atom is -0.461 e. The number of carbonyl (C=O) groups excluding carboxylic acids is 2. The minimum atomic E-state index is -1.09. The number of carbonyl (C=O) groups is 2. The minimum absolute atomic E-state index is 0.0563. The quantitative estimate of drug-likeness (QED) is 0.440. The zero-order valence-corrected chi connectivity index (χ0v) is 16.0. The van der Waals surface area contributed by atoms with Crippen molar-refractivity contribution in [3.63, 3.8) is 0 Å². The van der Waals surface area contributed by atoms with E-state index >= 15 is 0 Å². The number of anilines is 1. The van der Waals surface area contributed by atoms with Gasteiger partial charge in [0.15, 0.2) is 35.0 Å². The van der Waals surface area contributed by atoms with Gasteiger partial charge in [-0.3, -0.25) is 14.2 Å². The van der Waals surface area contributed by atoms with E-state index in [9.17, 15) is 18.4 Å². The number of ether oxygens (including phenoxy) is 1. The third kappa shape index (κ3) is 5.19. The van der Waals surface area contributed by atoms with Crippen molar-refractivity contribution in [2.24, 2.45) is 0 Å². The van der Waals surface area contributed by atoms with Crippen LogP contribution in [0.25, 0.3) is 11.6 Å². The zero-order valence-electron chi connectivity index (χ0n) is 15.2. The molecule has 0 atom stereocenters. The van der Waals surface area contributed by atoms with E-state index in [0.29, 0.717) is 23.3 Å². The van der Waals surface area contributed by atoms with Gasteiger partial charge in [-0.15, -0.1) is 10.2 Å². The number of amides is 1. The van der Waals surface area contributed by atoms with E-state index < -0.39 is 30.1 Å². The lowest BCUT2D eigenvalue weighted by Crippen LogP contribution is -2.21. The van der Waals surface area contributed by atoms with Crippen molar-refractivity contribution in [2.75, 3.05) is 17.7 Å². The third-order valence-electron chi connectivity index (χ3n) is 3.66. The topological polar surface area (TPSA) is 99.2 Å². The van der Waals surface area contributed by atoms with Gasteiger partial charge in [0.25, 0.3) is 5.91 Å². The van der Waals surface area contributed by atoms with E-state index in [1.165, 1.54) is 12.3 Å². The van der Waals surface area contributed by atoms with E-state index in [1.807, 2.05) is 6.92 Å². The maximum absolute atomic E-state index is 13.1. The first-order valence-corrected chi connectivity index (χ1v) is 9.47. The Bertz CT molecular complexity index is 1010. The van der Waals surface area contributed by atoms with Gasteiger partial charge in [-0.05, 0) is 31.2 Å². The molecule has 8 nitrogen and oxygen atoms in total. The third-order valence-corrected chi connectivity index (χ3v) is 4.60. The van der Waals surface area contributed by atoms with Crippen LogP contribution in [0, 0.1) is 11.6 Å². The van der Waals surface area contributed by atoms with Gasteiger partial charge >= 0.3 is 5.97 Å². The summed E-state index contributed by atoms with van der Waals surface area (Å²) in [5.74, 6) is -2.42. The van der Waals surface area contributed by atoms with Crippen molar-refractivity contribution in [1.29, 1.82) is 0 Å². The average molecular weight is 422 g/mol. The number of benzene rings is 1. The molecule has 0 aliphatic heterocycles. The van der Waals surface area contributed by atoms with Crippen molar-refractivity contribution < 1.29 is 27.5 Å². The highest BCUT2D eigenvalue weighted by atomic mass is 32.2. The summed E-state index contributed by atoms with van der Waals surface area (Å²) < 4.78 is 38.0. The fraction of sp³-hybridized carbons (Fsp3) is 0.222. The molecule has 152 valence electrons. The summed E-state index contributed by atoms with van der Waals surface area (Å²) in [5.41, 5.74) is 0.0563. The predicted molar refractivity (Wildman–Crippen MR) is 100 cm³/mol. The molecule has 0 saturated carbocycles. The van der Waals surface area contributed by atoms with Crippen LogP contribution in [0.3, 0.4) is 0 Å². The van der Waals surface area contributed by atoms with E-state index in [2.05, 4.69) is 15.5 Å². The van der Waals surface area contributed by atoms with Crippen LogP contribution in [0.5, 0.6) is 0 Å². The first kappa shape index (κ1) is 20.5. The second kappa shape index (κ2) is 9.32. The summed E-state index contributed by atoms with van der Waals surface area (Å²) in [7, 11) is 0. The van der Waals surface area contributed by atoms with E-state index in [4.69, 9.17) is 9.15 Å². The largest absolute Gasteiger partial charge is 0.461 e. The number of nitrogens with zero attached hydrogens (tertiary/aromatic N) is 3. The number of hydrogen-bond donors (Lipinski definition) is 1. The van der Waals surface area contributed by atoms with Crippen LogP contribution in [-0.2, 0) is 20.9 Å². The highest BCUT2D eigenvalue weighted by Crippen LogP contribution is 2.24. The van der Waals surface area contributed by atoms with Gasteiger partial charge in [-0.1, -0.05) is 11.8 Å². The normalized spacial score (nSPS) is 10.7. The second-order valence-electron chi connectivity index (χ2n) is 5.65. The smallest absolute Gasteiger partial charge is 0.316 e. The highest BCUT2D eigenvalue weighted by molar-refractivity contribution is 7.99. The Morgan fingerprint density at radius 2 is 2.07 bits per heavy atom. The number of esters is 1. The highest BCUT2D eigenvalue weighted by Gasteiger charge is 2.17. The van der Waals surface area contributed by atoms with Crippen LogP contribution in [0.1, 0.15) is 6.92 Å². The first-order chi connectivity index (χ1) is 14.0. The summed E-state index contributed by atoms with van der Waals surface area (Å²) in [6.45, 7) is 1.91. The Labute approximate surface area is 168 Å². The molecule has 1 N–H and O–H groups in total. The molecule has 3 aromatic rings. The van der Waals surface area contributed by atoms with E-state index in [1.54, 1.807) is 16.7 Å². The van der Waals surface area contributed by atoms with E-state index in [0.717, 1.165) is 23.9 Å². The molecule has 2 heterocycles. The molecule has 0 aliphatic carbocycles. The van der Waals surface area contributed by atoms with Crippen molar-refractivity contribution in [3.8, 4) is 11.6 Å². The molecule has 0 spiro atoms.